The van der Waals surface area contributed by atoms with Gasteiger partial charge in [0.1, 0.15) is 61.0 Å². The lowest BCUT2D eigenvalue weighted by atomic mass is 9.81. The van der Waals surface area contributed by atoms with Gasteiger partial charge in [-0.25, -0.2) is 0 Å². The van der Waals surface area contributed by atoms with E-state index in [2.05, 4.69) is 27.7 Å². The predicted molar refractivity (Wildman–Crippen MR) is 434 cm³/mol. The normalized spacial score (nSPS) is 35.8. The molecule has 1 N–H and O–H groups in total. The lowest BCUT2D eigenvalue weighted by Crippen LogP contribution is -2.49. The molecule has 16 heterocycles. The van der Waals surface area contributed by atoms with E-state index in [4.69, 9.17) is 114 Å². The van der Waals surface area contributed by atoms with Crippen molar-refractivity contribution in [2.24, 2.45) is 39.9 Å². The van der Waals surface area contributed by atoms with Gasteiger partial charge in [0.05, 0.1) is 240 Å². The summed E-state index contributed by atoms with van der Waals surface area (Å²) in [5, 5.41) is 9.38. The number of ether oxygens (including phenoxy) is 24. The first-order valence-electron chi connectivity index (χ1n) is 47.0. The van der Waals surface area contributed by atoms with E-state index in [-0.39, 0.29) is 23.7 Å². The molecule has 0 spiro atoms. The van der Waals surface area contributed by atoms with Crippen molar-refractivity contribution in [2.75, 3.05) is 198 Å². The van der Waals surface area contributed by atoms with Crippen molar-refractivity contribution < 1.29 is 124 Å². The maximum Gasteiger partial charge on any atom is 0.164 e. The van der Waals surface area contributed by atoms with Gasteiger partial charge >= 0.3 is 0 Å². The Bertz CT molecular complexity index is 2480. The highest BCUT2D eigenvalue weighted by Gasteiger charge is 2.48. The van der Waals surface area contributed by atoms with Crippen LogP contribution in [0.15, 0.2) is 0 Å². The first-order chi connectivity index (χ1) is 57.3. The molecule has 0 radical (unpaired) electrons. The number of carbonyl (C=O) groups is 1. The first-order valence-corrected chi connectivity index (χ1v) is 47.0. The predicted octanol–water partition coefficient (Wildman–Crippen LogP) is 11.3. The monoisotopic (exact) mass is 1670 g/mol. The molecule has 0 aromatic carbocycles. The van der Waals surface area contributed by atoms with Crippen molar-refractivity contribution in [3.63, 3.8) is 0 Å². The third kappa shape index (κ3) is 39.2. The van der Waals surface area contributed by atoms with Gasteiger partial charge in [0.15, 0.2) is 5.78 Å². The van der Waals surface area contributed by atoms with Crippen LogP contribution >= 0.6 is 0 Å². The number of aliphatic hydroxyl groups is 1. The maximum absolute atomic E-state index is 10.7. The molecule has 0 amide bonds. The smallest absolute Gasteiger partial charge is 0.164 e. The molecule has 676 valence electrons. The van der Waals surface area contributed by atoms with Crippen LogP contribution in [0.4, 0.5) is 0 Å². The lowest BCUT2D eigenvalue weighted by Gasteiger charge is -2.44. The van der Waals surface area contributed by atoms with Gasteiger partial charge in [-0.15, -0.1) is 0 Å². The largest absolute Gasteiger partial charge is 0.388 e. The van der Waals surface area contributed by atoms with Gasteiger partial charge in [0.2, 0.25) is 0 Å². The van der Waals surface area contributed by atoms with Gasteiger partial charge in [-0.3, -0.25) is 4.79 Å². The highest BCUT2D eigenvalue weighted by Crippen LogP contribution is 2.45. The van der Waals surface area contributed by atoms with E-state index in [1.807, 2.05) is 0 Å². The molecule has 2 bridgehead atoms. The Morgan fingerprint density at radius 2 is 0.735 bits per heavy atom. The molecule has 20 rings (SSSR count). The van der Waals surface area contributed by atoms with Crippen LogP contribution in [0.5, 0.6) is 0 Å². The summed E-state index contributed by atoms with van der Waals surface area (Å²) in [4.78, 5) is 10.7. The van der Waals surface area contributed by atoms with Crippen molar-refractivity contribution >= 4 is 5.78 Å². The number of hydrogen-bond acceptors (Lipinski definition) is 26. The fourth-order valence-corrected chi connectivity index (χ4v) is 17.2. The van der Waals surface area contributed by atoms with E-state index >= 15 is 0 Å². The standard InChI is InChI=1S/C28H46O3.C12H22O3.2C11H20O4.C9H16O5.C8H14O4.C6H8O2.C6H10O/c1(7-20-10-13-23-26(16-20)29-23)4-19(5-2-8-21-11-14-24-27(17-21)30-24)6-3-9-22-12-15-25-28(18-22)31-25;1-3-11(5-13-6-11)9-15-10-12(4-2)7-14-8-12;1-11(2,7-12-3-9-5-14-9)8-13-4-10-6-15-10;1(2-4-12-6-10-8-14-10)3-5-13-7-11-9-15-11;10-7(1-11-3-8-5-13-8)2-12-4-9-6-14-9;1(9-3-7-5-11-7)2-10-4-8-6-12-8;7-4-2-1-3-5-6(4)8-5;1-2-6-4-3-5(1)7-6/h19-28H,1-18H2;3-10H2,1-2H3;9-10H,3-8H2,1-2H3;10-11H,1-9H2;7-10H,1-6H2;7-8H,1-6H2;5-6H,1-3H2;5-6H,1-4H2. The quantitative estimate of drug-likeness (QED) is 0.0437. The molecule has 16 saturated heterocycles. The molecule has 20 aliphatic rings. The zero-order chi connectivity index (χ0) is 80.8. The van der Waals surface area contributed by atoms with Crippen LogP contribution in [0.1, 0.15) is 220 Å². The fraction of sp³-hybridized carbons (Fsp3) is 0.989. The number of epoxide rings is 12. The zero-order valence-electron chi connectivity index (χ0n) is 72.4. The second-order valence-electron chi connectivity index (χ2n) is 38.4. The summed E-state index contributed by atoms with van der Waals surface area (Å²) in [7, 11) is 0. The summed E-state index contributed by atoms with van der Waals surface area (Å²) in [6.45, 7) is 31.3. The van der Waals surface area contributed by atoms with Gasteiger partial charge in [-0.2, -0.15) is 0 Å². The van der Waals surface area contributed by atoms with Crippen molar-refractivity contribution in [3.05, 3.63) is 0 Å². The van der Waals surface area contributed by atoms with Crippen LogP contribution in [0, 0.1) is 39.9 Å². The summed E-state index contributed by atoms with van der Waals surface area (Å²) < 4.78 is 127. The van der Waals surface area contributed by atoms with Crippen molar-refractivity contribution in [2.45, 2.75) is 336 Å². The van der Waals surface area contributed by atoms with E-state index in [1.165, 1.54) is 148 Å². The molecule has 0 aromatic rings. The van der Waals surface area contributed by atoms with Gasteiger partial charge in [0, 0.05) is 35.9 Å². The minimum absolute atomic E-state index is 0.0312. The number of ketones is 1. The summed E-state index contributed by atoms with van der Waals surface area (Å²) in [5.41, 5.74) is 0.711. The molecular formula is C91H156O26. The van der Waals surface area contributed by atoms with Crippen LogP contribution in [0.3, 0.4) is 0 Å². The number of fused-ring (bicyclic) bond motifs is 6. The maximum atomic E-state index is 10.7. The molecule has 26 heteroatoms. The Hall–Kier alpha value is -1.33. The molecule has 117 heavy (non-hydrogen) atoms. The molecule has 16 aliphatic heterocycles. The number of hydrogen-bond donors (Lipinski definition) is 1. The Morgan fingerprint density at radius 3 is 1.03 bits per heavy atom. The number of rotatable bonds is 51. The Kier molecular flexibility index (Phi) is 39.6. The van der Waals surface area contributed by atoms with Gasteiger partial charge in [-0.05, 0) is 152 Å². The van der Waals surface area contributed by atoms with E-state index in [9.17, 15) is 9.90 Å². The summed E-state index contributed by atoms with van der Waals surface area (Å²) >= 11 is 0. The molecule has 26 nitrogen and oxygen atoms in total. The number of unbranched alkanes of at least 4 members (excludes halogenated alkanes) is 2. The Labute approximate surface area is 700 Å². The topological polar surface area (TPSA) is 298 Å². The number of Topliss-reactive ketones (excluding diaryl/α,β-unsaturated/α-hetero) is 1. The molecule has 4 saturated carbocycles. The molecule has 19 unspecified atom stereocenters. The van der Waals surface area contributed by atoms with E-state index in [0.29, 0.717) is 161 Å². The minimum Gasteiger partial charge on any atom is -0.388 e. The van der Waals surface area contributed by atoms with Gasteiger partial charge < -0.3 is 119 Å². The van der Waals surface area contributed by atoms with E-state index in [0.717, 1.165) is 214 Å². The number of aliphatic hydroxyl groups excluding tert-OH is 1. The molecule has 19 atom stereocenters. The van der Waals surface area contributed by atoms with Gasteiger partial charge in [0.25, 0.3) is 0 Å². The average molecular weight is 1670 g/mol. The summed E-state index contributed by atoms with van der Waals surface area (Å²) in [6.07, 6.45) is 47.5. The van der Waals surface area contributed by atoms with Crippen LogP contribution in [-0.2, 0) is 118 Å². The molecule has 20 fully saturated rings. The van der Waals surface area contributed by atoms with Crippen molar-refractivity contribution in [1.82, 2.24) is 0 Å². The summed E-state index contributed by atoms with van der Waals surface area (Å²) in [5.74, 6) is 4.20. The molecule has 0 aromatic heterocycles. The van der Waals surface area contributed by atoms with Crippen LogP contribution in [0.2, 0.25) is 0 Å². The Morgan fingerprint density at radius 1 is 0.385 bits per heavy atom. The first kappa shape index (κ1) is 93.3. The lowest BCUT2D eigenvalue weighted by molar-refractivity contribution is -0.187. The minimum atomic E-state index is -0.549. The van der Waals surface area contributed by atoms with Crippen LogP contribution in [0.25, 0.3) is 0 Å². The Balaban J connectivity index is 0.000000121. The highest BCUT2D eigenvalue weighted by atomic mass is 16.7. The SMILES string of the molecule is C(CC(CCCC1CCC2OC2C1)CCCC1CCC2OC2C1)CC1CCC2OC2C1.C(CCOCC1CO1)CCOCC1CO1.C(COCC1CO1)OCC1CO1.C1CC2CCC1O2.CC(C)(COCC1CO1)COCC1CO1.CCC1(COCC2(CC)COC2)COC1.O=C1CCCC2OC12.OC(COCC1CO1)COCC1CO1. The zero-order valence-corrected chi connectivity index (χ0v) is 72.4. The third-order valence-electron chi connectivity index (χ3n) is 26.5. The average Bonchev–Trinajstić information content (AvgIpc) is 1.68. The highest BCUT2D eigenvalue weighted by molar-refractivity contribution is 5.86. The van der Waals surface area contributed by atoms with Crippen LogP contribution in [-0.4, -0.2) is 325 Å². The number of carbonyl (C=O) groups excluding carboxylic acids is 1. The molecular weight excluding hydrogens is 1510 g/mol. The second-order valence-corrected chi connectivity index (χ2v) is 38.4. The van der Waals surface area contributed by atoms with E-state index < -0.39 is 6.10 Å². The van der Waals surface area contributed by atoms with Crippen molar-refractivity contribution in [1.29, 1.82) is 0 Å². The second kappa shape index (κ2) is 49.7. The van der Waals surface area contributed by atoms with Crippen LogP contribution < -0.4 is 0 Å². The van der Waals surface area contributed by atoms with Gasteiger partial charge in [-0.1, -0.05) is 85.5 Å². The van der Waals surface area contributed by atoms with E-state index in [1.54, 1.807) is 0 Å². The third-order valence-corrected chi connectivity index (χ3v) is 26.5. The fourth-order valence-electron chi connectivity index (χ4n) is 17.2. The summed E-state index contributed by atoms with van der Waals surface area (Å²) in [6, 6.07) is 0. The van der Waals surface area contributed by atoms with Crippen molar-refractivity contribution in [3.8, 4) is 0 Å². The molecule has 4 aliphatic carbocycles.